The molecule has 1 aromatic carbocycles. The highest BCUT2D eigenvalue weighted by Crippen LogP contribution is 2.37. The quantitative estimate of drug-likeness (QED) is 0.483. The molecule has 3 heterocycles. The number of carbonyl (C=O) groups excluding carboxylic acids is 1. The van der Waals surface area contributed by atoms with Crippen LogP contribution in [0.1, 0.15) is 40.6 Å². The molecule has 3 N–H and O–H groups in total. The van der Waals surface area contributed by atoms with Crippen molar-refractivity contribution in [2.24, 2.45) is 0 Å². The molecule has 1 atom stereocenters. The van der Waals surface area contributed by atoms with Gasteiger partial charge in [0, 0.05) is 29.0 Å². The predicted molar refractivity (Wildman–Crippen MR) is 108 cm³/mol. The normalized spacial score (nSPS) is 16.1. The zero-order valence-corrected chi connectivity index (χ0v) is 15.8. The Morgan fingerprint density at radius 3 is 2.93 bits per heavy atom. The Morgan fingerprint density at radius 1 is 1.21 bits per heavy atom. The van der Waals surface area contributed by atoms with Gasteiger partial charge in [-0.3, -0.25) is 14.9 Å². The lowest BCUT2D eigenvalue weighted by molar-refractivity contribution is 0.0927. The third-order valence-corrected chi connectivity index (χ3v) is 5.61. The van der Waals surface area contributed by atoms with Crippen molar-refractivity contribution in [3.05, 3.63) is 70.8 Å². The van der Waals surface area contributed by atoms with Gasteiger partial charge in [-0.15, -0.1) is 0 Å². The minimum atomic E-state index is -0.171. The second kappa shape index (κ2) is 6.80. The van der Waals surface area contributed by atoms with Gasteiger partial charge in [0.2, 0.25) is 0 Å². The number of pyridine rings is 1. The summed E-state index contributed by atoms with van der Waals surface area (Å²) in [6, 6.07) is 11.3. The summed E-state index contributed by atoms with van der Waals surface area (Å²) in [4.78, 5) is 20.3. The minimum absolute atomic E-state index is 0.0765. The molecule has 0 bridgehead atoms. The van der Waals surface area contributed by atoms with Gasteiger partial charge < -0.3 is 10.3 Å². The molecule has 7 heteroatoms. The van der Waals surface area contributed by atoms with Gasteiger partial charge in [0.1, 0.15) is 5.69 Å². The summed E-state index contributed by atoms with van der Waals surface area (Å²) in [5.41, 5.74) is 5.31. The fourth-order valence-corrected chi connectivity index (χ4v) is 4.16. The fraction of sp³-hybridized carbons (Fsp3) is 0.190. The number of H-pyrrole nitrogens is 2. The first-order chi connectivity index (χ1) is 13.7. The largest absolute Gasteiger partial charge is 0.355 e. The van der Waals surface area contributed by atoms with Gasteiger partial charge in [-0.2, -0.15) is 5.10 Å². The Labute approximate surface area is 166 Å². The van der Waals surface area contributed by atoms with E-state index in [4.69, 9.17) is 11.6 Å². The average Bonchev–Trinajstić information content (AvgIpc) is 3.35. The molecule has 0 saturated heterocycles. The molecule has 0 aliphatic heterocycles. The molecular formula is C21H18ClN5O. The number of nitrogens with zero attached hydrogens (tertiary/aromatic N) is 2. The molecule has 3 aromatic heterocycles. The van der Waals surface area contributed by atoms with E-state index in [1.807, 2.05) is 24.3 Å². The van der Waals surface area contributed by atoms with Crippen LogP contribution in [0.3, 0.4) is 0 Å². The van der Waals surface area contributed by atoms with Crippen LogP contribution < -0.4 is 5.32 Å². The number of amides is 1. The van der Waals surface area contributed by atoms with E-state index in [1.165, 1.54) is 5.56 Å². The van der Waals surface area contributed by atoms with Crippen LogP contribution in [-0.4, -0.2) is 26.1 Å². The third-order valence-electron chi connectivity index (χ3n) is 5.30. The number of aryl methyl sites for hydroxylation is 1. The van der Waals surface area contributed by atoms with Gasteiger partial charge >= 0.3 is 0 Å². The lowest BCUT2D eigenvalue weighted by atomic mass is 9.91. The standard InChI is InChI=1S/C21H18ClN5O/c22-15-5-1-3-13-14-4-2-6-16(20(14)25-19(13)15)24-21(28)18-11-17(26-27-18)12-7-9-23-10-8-12/h1,3,5,7-11,16,25H,2,4,6H2,(H,24,28)(H,26,27)/t16-/m1/s1. The van der Waals surface area contributed by atoms with Crippen molar-refractivity contribution >= 4 is 28.4 Å². The van der Waals surface area contributed by atoms with E-state index in [1.54, 1.807) is 18.5 Å². The van der Waals surface area contributed by atoms with Gasteiger partial charge in [0.15, 0.2) is 0 Å². The summed E-state index contributed by atoms with van der Waals surface area (Å²) >= 11 is 6.35. The molecule has 28 heavy (non-hydrogen) atoms. The number of benzene rings is 1. The van der Waals surface area contributed by atoms with Crippen molar-refractivity contribution in [1.29, 1.82) is 0 Å². The molecule has 4 aromatic rings. The number of hydrogen-bond donors (Lipinski definition) is 3. The number of hydrogen-bond acceptors (Lipinski definition) is 3. The summed E-state index contributed by atoms with van der Waals surface area (Å²) in [7, 11) is 0. The van der Waals surface area contributed by atoms with E-state index in [2.05, 4.69) is 31.5 Å². The first kappa shape index (κ1) is 17.0. The lowest BCUT2D eigenvalue weighted by Crippen LogP contribution is -2.31. The molecule has 1 aliphatic carbocycles. The first-order valence-corrected chi connectivity index (χ1v) is 9.64. The summed E-state index contributed by atoms with van der Waals surface area (Å²) in [5, 5.41) is 12.1. The molecule has 6 nitrogen and oxygen atoms in total. The Hall–Kier alpha value is -3.12. The van der Waals surface area contributed by atoms with Crippen molar-refractivity contribution in [1.82, 2.24) is 25.5 Å². The van der Waals surface area contributed by atoms with Crippen LogP contribution in [0.5, 0.6) is 0 Å². The SMILES string of the molecule is O=C(N[C@@H]1CCCc2c1[nH]c1c(Cl)cccc21)c1cc(-c2ccncc2)n[nH]1. The van der Waals surface area contributed by atoms with Crippen molar-refractivity contribution in [2.45, 2.75) is 25.3 Å². The van der Waals surface area contributed by atoms with E-state index in [-0.39, 0.29) is 11.9 Å². The van der Waals surface area contributed by atoms with Gasteiger partial charge in [-0.05, 0) is 49.1 Å². The highest BCUT2D eigenvalue weighted by atomic mass is 35.5. The lowest BCUT2D eigenvalue weighted by Gasteiger charge is -2.23. The van der Waals surface area contributed by atoms with E-state index in [0.717, 1.165) is 41.4 Å². The Balaban J connectivity index is 1.42. The van der Waals surface area contributed by atoms with Crippen molar-refractivity contribution in [3.63, 3.8) is 0 Å². The van der Waals surface area contributed by atoms with E-state index in [0.29, 0.717) is 16.4 Å². The fourth-order valence-electron chi connectivity index (χ4n) is 3.94. The number of halogens is 1. The maximum atomic E-state index is 12.8. The van der Waals surface area contributed by atoms with Crippen molar-refractivity contribution < 1.29 is 4.79 Å². The predicted octanol–water partition coefficient (Wildman–Crippen LogP) is 4.41. The van der Waals surface area contributed by atoms with Crippen molar-refractivity contribution in [3.8, 4) is 11.3 Å². The summed E-state index contributed by atoms with van der Waals surface area (Å²) in [6.45, 7) is 0. The van der Waals surface area contributed by atoms with Crippen molar-refractivity contribution in [2.75, 3.05) is 0 Å². The zero-order chi connectivity index (χ0) is 19.1. The highest BCUT2D eigenvalue weighted by Gasteiger charge is 2.27. The monoisotopic (exact) mass is 391 g/mol. The number of aromatic amines is 2. The molecule has 140 valence electrons. The Kier molecular flexibility index (Phi) is 4.13. The van der Waals surface area contributed by atoms with Crippen LogP contribution in [0.4, 0.5) is 0 Å². The van der Waals surface area contributed by atoms with Gasteiger partial charge in [-0.25, -0.2) is 0 Å². The molecule has 0 unspecified atom stereocenters. The summed E-state index contributed by atoms with van der Waals surface area (Å²) in [6.07, 6.45) is 6.29. The van der Waals surface area contributed by atoms with Crippen LogP contribution in [0.2, 0.25) is 5.02 Å². The Bertz CT molecular complexity index is 1160. The van der Waals surface area contributed by atoms with E-state index < -0.39 is 0 Å². The topological polar surface area (TPSA) is 86.5 Å². The van der Waals surface area contributed by atoms with Crippen LogP contribution in [0.25, 0.3) is 22.2 Å². The molecule has 0 radical (unpaired) electrons. The number of para-hydroxylation sites is 1. The number of carbonyl (C=O) groups is 1. The highest BCUT2D eigenvalue weighted by molar-refractivity contribution is 6.35. The second-order valence-corrected chi connectivity index (χ2v) is 7.41. The van der Waals surface area contributed by atoms with Crippen LogP contribution >= 0.6 is 11.6 Å². The molecule has 5 rings (SSSR count). The first-order valence-electron chi connectivity index (χ1n) is 9.26. The summed E-state index contributed by atoms with van der Waals surface area (Å²) < 4.78 is 0. The number of nitrogens with one attached hydrogen (secondary N) is 3. The molecule has 1 aliphatic rings. The molecule has 0 saturated carbocycles. The molecule has 0 spiro atoms. The molecular weight excluding hydrogens is 374 g/mol. The third kappa shape index (κ3) is 2.86. The minimum Gasteiger partial charge on any atom is -0.355 e. The number of fused-ring (bicyclic) bond motifs is 3. The smallest absolute Gasteiger partial charge is 0.269 e. The molecule has 1 amide bonds. The number of aromatic nitrogens is 4. The average molecular weight is 392 g/mol. The second-order valence-electron chi connectivity index (χ2n) is 7.00. The van der Waals surface area contributed by atoms with E-state index in [9.17, 15) is 4.79 Å². The maximum Gasteiger partial charge on any atom is 0.269 e. The van der Waals surface area contributed by atoms with Gasteiger partial charge in [-0.1, -0.05) is 23.7 Å². The van der Waals surface area contributed by atoms with E-state index >= 15 is 0 Å². The van der Waals surface area contributed by atoms with Crippen LogP contribution in [0.15, 0.2) is 48.8 Å². The van der Waals surface area contributed by atoms with Gasteiger partial charge in [0.25, 0.3) is 5.91 Å². The van der Waals surface area contributed by atoms with Crippen LogP contribution in [-0.2, 0) is 6.42 Å². The van der Waals surface area contributed by atoms with Crippen LogP contribution in [0, 0.1) is 0 Å². The molecule has 0 fully saturated rings. The number of rotatable bonds is 3. The summed E-state index contributed by atoms with van der Waals surface area (Å²) in [5.74, 6) is -0.171. The maximum absolute atomic E-state index is 12.8. The van der Waals surface area contributed by atoms with Gasteiger partial charge in [0.05, 0.1) is 22.3 Å². The zero-order valence-electron chi connectivity index (χ0n) is 15.0. The Morgan fingerprint density at radius 2 is 2.07 bits per heavy atom.